The van der Waals surface area contributed by atoms with Crippen LogP contribution in [0.1, 0.15) is 44.5 Å². The molecule has 0 amide bonds. The molecule has 2 heterocycles. The Morgan fingerprint density at radius 2 is 0.750 bits per heavy atom. The van der Waals surface area contributed by atoms with Crippen LogP contribution in [0.3, 0.4) is 0 Å². The van der Waals surface area contributed by atoms with Gasteiger partial charge in [-0.05, 0) is 126 Å². The summed E-state index contributed by atoms with van der Waals surface area (Å²) in [5.74, 6) is 0. The Labute approximate surface area is 371 Å². The van der Waals surface area contributed by atoms with Gasteiger partial charge in [-0.2, -0.15) is 0 Å². The number of nitrogens with zero attached hydrogens (tertiary/aromatic N) is 2. The molecule has 1 aromatic heterocycles. The molecule has 1 atom stereocenters. The molecule has 2 spiro atoms. The summed E-state index contributed by atoms with van der Waals surface area (Å²) in [7, 11) is 0. The standard InChI is InChI=1S/C62H38N2/c1-2-17-39(18-3-1)63(41-33-35-46-44-21-6-11-27-52(44)61(57(46)38-41)50-25-9-4-19-42(50)43-20-5-10-26-51(43)61)40-34-36-54-49(37-40)45-22-7-12-28-53(45)62(54)55-29-13-15-32-59(55)64-58-31-14-8-23-47(58)48-24-16-30-56(62)60(48)64/h1-38H. The molecular weight excluding hydrogens is 773 g/mol. The van der Waals surface area contributed by atoms with Crippen molar-refractivity contribution < 1.29 is 0 Å². The van der Waals surface area contributed by atoms with Crippen molar-refractivity contribution in [2.24, 2.45) is 0 Å². The highest BCUT2D eigenvalue weighted by atomic mass is 15.1. The second kappa shape index (κ2) is 12.2. The van der Waals surface area contributed by atoms with Gasteiger partial charge in [0.2, 0.25) is 0 Å². The lowest BCUT2D eigenvalue weighted by Crippen LogP contribution is -2.33. The third-order valence-corrected chi connectivity index (χ3v) is 15.2. The lowest BCUT2D eigenvalue weighted by Gasteiger charge is -2.39. The first-order valence-electron chi connectivity index (χ1n) is 22.4. The number of para-hydroxylation sites is 4. The summed E-state index contributed by atoms with van der Waals surface area (Å²) in [6.45, 7) is 0. The minimum atomic E-state index is -0.502. The molecule has 64 heavy (non-hydrogen) atoms. The Morgan fingerprint density at radius 3 is 1.44 bits per heavy atom. The van der Waals surface area contributed by atoms with Gasteiger partial charge in [-0.1, -0.05) is 182 Å². The molecule has 0 radical (unpaired) electrons. The summed E-state index contributed by atoms with van der Waals surface area (Å²) >= 11 is 0. The maximum Gasteiger partial charge on any atom is 0.0754 e. The van der Waals surface area contributed by atoms with E-state index in [1.807, 2.05) is 0 Å². The van der Waals surface area contributed by atoms with Gasteiger partial charge in [-0.15, -0.1) is 0 Å². The lowest BCUT2D eigenvalue weighted by atomic mass is 9.65. The smallest absolute Gasteiger partial charge is 0.0754 e. The molecule has 0 saturated heterocycles. The molecule has 1 unspecified atom stereocenters. The molecule has 11 aromatic rings. The van der Waals surface area contributed by atoms with Crippen LogP contribution < -0.4 is 4.90 Å². The first-order chi connectivity index (χ1) is 31.8. The first-order valence-corrected chi connectivity index (χ1v) is 22.4. The summed E-state index contributed by atoms with van der Waals surface area (Å²) in [5.41, 5.74) is 24.7. The van der Waals surface area contributed by atoms with E-state index in [9.17, 15) is 0 Å². The van der Waals surface area contributed by atoms with Crippen LogP contribution in [0.5, 0.6) is 0 Å². The zero-order chi connectivity index (χ0) is 41.7. The Hall–Kier alpha value is -8.20. The van der Waals surface area contributed by atoms with E-state index >= 15 is 0 Å². The Kier molecular flexibility index (Phi) is 6.58. The van der Waals surface area contributed by atoms with E-state index in [4.69, 9.17) is 0 Å². The average molecular weight is 811 g/mol. The molecule has 296 valence electrons. The van der Waals surface area contributed by atoms with E-state index in [0.29, 0.717) is 0 Å². The summed E-state index contributed by atoms with van der Waals surface area (Å²) in [6, 6.07) is 86.9. The number of aromatic nitrogens is 1. The number of rotatable bonds is 3. The van der Waals surface area contributed by atoms with Crippen LogP contribution >= 0.6 is 0 Å². The zero-order valence-electron chi connectivity index (χ0n) is 34.8. The number of benzene rings is 10. The van der Waals surface area contributed by atoms with Crippen LogP contribution in [-0.2, 0) is 10.8 Å². The van der Waals surface area contributed by atoms with Crippen molar-refractivity contribution in [1.82, 2.24) is 4.57 Å². The molecule has 4 aliphatic rings. The van der Waals surface area contributed by atoms with Crippen molar-refractivity contribution in [2.45, 2.75) is 10.8 Å². The van der Waals surface area contributed by atoms with E-state index in [1.54, 1.807) is 0 Å². The molecule has 0 saturated carbocycles. The van der Waals surface area contributed by atoms with Crippen molar-refractivity contribution in [3.63, 3.8) is 0 Å². The largest absolute Gasteiger partial charge is 0.310 e. The molecule has 0 bridgehead atoms. The molecular formula is C62H38N2. The SMILES string of the molecule is c1ccc(N(c2ccc3c(c2)-c2ccccc2C32c3ccccc3-n3c4ccccc4c4cccc2c43)c2ccc3c(c2)C2(c4ccccc4-c4ccccc42)c2ccccc2-3)cc1. The van der Waals surface area contributed by atoms with Crippen LogP contribution in [-0.4, -0.2) is 4.57 Å². The maximum atomic E-state index is 2.52. The number of hydrogen-bond acceptors (Lipinski definition) is 1. The van der Waals surface area contributed by atoms with Gasteiger partial charge >= 0.3 is 0 Å². The zero-order valence-corrected chi connectivity index (χ0v) is 34.8. The number of fused-ring (bicyclic) bond motifs is 22. The van der Waals surface area contributed by atoms with E-state index < -0.39 is 10.8 Å². The van der Waals surface area contributed by atoms with Gasteiger partial charge < -0.3 is 9.47 Å². The molecule has 2 nitrogen and oxygen atoms in total. The minimum absolute atomic E-state index is 0.432. The second-order valence-electron chi connectivity index (χ2n) is 17.9. The second-order valence-corrected chi connectivity index (χ2v) is 17.9. The fourth-order valence-corrected chi connectivity index (χ4v) is 12.9. The van der Waals surface area contributed by atoms with Gasteiger partial charge in [0.15, 0.2) is 0 Å². The predicted octanol–water partition coefficient (Wildman–Crippen LogP) is 15.3. The van der Waals surface area contributed by atoms with Crippen LogP contribution in [0.4, 0.5) is 17.1 Å². The van der Waals surface area contributed by atoms with Crippen LogP contribution in [0, 0.1) is 0 Å². The van der Waals surface area contributed by atoms with Gasteiger partial charge in [-0.25, -0.2) is 0 Å². The van der Waals surface area contributed by atoms with E-state index in [1.165, 1.54) is 105 Å². The van der Waals surface area contributed by atoms with Gasteiger partial charge in [0.25, 0.3) is 0 Å². The fourth-order valence-electron chi connectivity index (χ4n) is 12.9. The first kappa shape index (κ1) is 34.4. The molecule has 0 fully saturated rings. The highest BCUT2D eigenvalue weighted by Gasteiger charge is 2.53. The summed E-state index contributed by atoms with van der Waals surface area (Å²) in [6.07, 6.45) is 0. The number of hydrogen-bond donors (Lipinski definition) is 0. The van der Waals surface area contributed by atoms with E-state index in [0.717, 1.165) is 17.1 Å². The predicted molar refractivity (Wildman–Crippen MR) is 263 cm³/mol. The van der Waals surface area contributed by atoms with E-state index in [-0.39, 0.29) is 0 Å². The van der Waals surface area contributed by atoms with Crippen molar-refractivity contribution in [3.8, 4) is 39.1 Å². The van der Waals surface area contributed by atoms with Crippen molar-refractivity contribution in [2.75, 3.05) is 4.90 Å². The summed E-state index contributed by atoms with van der Waals surface area (Å²) in [5, 5.41) is 2.58. The minimum Gasteiger partial charge on any atom is -0.310 e. The molecule has 10 aromatic carbocycles. The molecule has 0 N–H and O–H groups in total. The summed E-state index contributed by atoms with van der Waals surface area (Å²) < 4.78 is 2.52. The third kappa shape index (κ3) is 3.99. The fraction of sp³-hybridized carbons (Fsp3) is 0.0323. The Bertz CT molecular complexity index is 3750. The third-order valence-electron chi connectivity index (χ3n) is 15.2. The van der Waals surface area contributed by atoms with Gasteiger partial charge in [0.05, 0.1) is 27.6 Å². The van der Waals surface area contributed by atoms with Gasteiger partial charge in [-0.3, -0.25) is 0 Å². The monoisotopic (exact) mass is 810 g/mol. The Morgan fingerprint density at radius 1 is 0.281 bits per heavy atom. The topological polar surface area (TPSA) is 8.17 Å². The normalized spacial score (nSPS) is 16.0. The highest BCUT2D eigenvalue weighted by molar-refractivity contribution is 6.13. The quantitative estimate of drug-likeness (QED) is 0.173. The molecule has 15 rings (SSSR count). The molecule has 2 heteroatoms. The molecule has 3 aliphatic carbocycles. The van der Waals surface area contributed by atoms with Crippen LogP contribution in [0.25, 0.3) is 60.9 Å². The Balaban J connectivity index is 0.989. The molecule has 1 aliphatic heterocycles. The van der Waals surface area contributed by atoms with Gasteiger partial charge in [0, 0.05) is 27.8 Å². The van der Waals surface area contributed by atoms with Gasteiger partial charge in [0.1, 0.15) is 0 Å². The van der Waals surface area contributed by atoms with Crippen molar-refractivity contribution >= 4 is 38.9 Å². The van der Waals surface area contributed by atoms with Crippen LogP contribution in [0.15, 0.2) is 231 Å². The van der Waals surface area contributed by atoms with Crippen molar-refractivity contribution in [1.29, 1.82) is 0 Å². The van der Waals surface area contributed by atoms with Crippen LogP contribution in [0.2, 0.25) is 0 Å². The average Bonchev–Trinajstić information content (AvgIpc) is 4.05. The van der Waals surface area contributed by atoms with E-state index in [2.05, 4.69) is 240 Å². The lowest BCUT2D eigenvalue weighted by molar-refractivity contribution is 0.748. The maximum absolute atomic E-state index is 2.52. The summed E-state index contributed by atoms with van der Waals surface area (Å²) in [4.78, 5) is 2.48. The van der Waals surface area contributed by atoms with Crippen molar-refractivity contribution in [3.05, 3.63) is 275 Å². The highest BCUT2D eigenvalue weighted by Crippen LogP contribution is 2.64. The number of anilines is 3.